The van der Waals surface area contributed by atoms with Gasteiger partial charge in [0.1, 0.15) is 0 Å². The molecule has 3 unspecified atom stereocenters. The summed E-state index contributed by atoms with van der Waals surface area (Å²) in [5, 5.41) is 19.3. The summed E-state index contributed by atoms with van der Waals surface area (Å²) >= 11 is 0. The Morgan fingerprint density at radius 2 is 1.91 bits per heavy atom. The lowest BCUT2D eigenvalue weighted by molar-refractivity contribution is -0.134. The summed E-state index contributed by atoms with van der Waals surface area (Å²) in [7, 11) is 0. The van der Waals surface area contributed by atoms with Gasteiger partial charge in [-0.1, -0.05) is 18.2 Å². The van der Waals surface area contributed by atoms with Crippen LogP contribution in [0.3, 0.4) is 0 Å². The van der Waals surface area contributed by atoms with Gasteiger partial charge in [-0.15, -0.1) is 0 Å². The molecule has 3 aliphatic rings. The van der Waals surface area contributed by atoms with Crippen molar-refractivity contribution in [2.24, 2.45) is 5.92 Å². The van der Waals surface area contributed by atoms with E-state index in [0.717, 1.165) is 0 Å². The van der Waals surface area contributed by atoms with Crippen LogP contribution in [0.1, 0.15) is 24.4 Å². The first-order chi connectivity index (χ1) is 10.6. The molecule has 0 radical (unpaired) electrons. The number of carboxylic acid groups (broad SMARTS) is 2. The van der Waals surface area contributed by atoms with Crippen molar-refractivity contribution < 1.29 is 19.8 Å². The summed E-state index contributed by atoms with van der Waals surface area (Å²) in [6.07, 6.45) is 12.2. The predicted molar refractivity (Wildman–Crippen MR) is 80.2 cm³/mol. The predicted octanol–water partition coefficient (Wildman–Crippen LogP) is 1.77. The molecule has 1 aromatic rings. The molecule has 4 rings (SSSR count). The molecule has 0 amide bonds. The molecule has 2 aliphatic heterocycles. The summed E-state index contributed by atoms with van der Waals surface area (Å²) < 4.78 is 0. The summed E-state index contributed by atoms with van der Waals surface area (Å²) in [5.74, 6) is -1.84. The molecule has 1 aliphatic carbocycles. The second-order valence-electron chi connectivity index (χ2n) is 5.17. The monoisotopic (exact) mass is 302 g/mol. The van der Waals surface area contributed by atoms with Gasteiger partial charge in [-0.3, -0.25) is 4.98 Å². The van der Waals surface area contributed by atoms with E-state index >= 15 is 0 Å². The summed E-state index contributed by atoms with van der Waals surface area (Å²) in [4.78, 5) is 23.3. The van der Waals surface area contributed by atoms with Crippen LogP contribution < -0.4 is 5.32 Å². The van der Waals surface area contributed by atoms with Gasteiger partial charge >= 0.3 is 11.9 Å². The van der Waals surface area contributed by atoms with E-state index in [9.17, 15) is 9.59 Å². The zero-order chi connectivity index (χ0) is 15.9. The number of aliphatic carboxylic acids is 2. The van der Waals surface area contributed by atoms with Crippen molar-refractivity contribution in [2.45, 2.75) is 24.9 Å². The molecular weight excluding hydrogens is 284 g/mol. The number of carbonyl (C=O) groups is 2. The Morgan fingerprint density at radius 1 is 1.18 bits per heavy atom. The number of pyridine rings is 1. The van der Waals surface area contributed by atoms with E-state index in [4.69, 9.17) is 10.2 Å². The van der Waals surface area contributed by atoms with Crippen molar-refractivity contribution >= 4 is 11.9 Å². The quantitative estimate of drug-likeness (QED) is 0.581. The first-order valence-corrected chi connectivity index (χ1v) is 7.04. The number of piperidine rings is 1. The highest BCUT2D eigenvalue weighted by atomic mass is 16.4. The van der Waals surface area contributed by atoms with E-state index in [2.05, 4.69) is 28.5 Å². The molecule has 3 N–H and O–H groups in total. The van der Waals surface area contributed by atoms with E-state index < -0.39 is 11.9 Å². The van der Waals surface area contributed by atoms with Crippen molar-refractivity contribution in [3.63, 3.8) is 0 Å². The number of aromatic nitrogens is 1. The molecule has 6 heteroatoms. The third kappa shape index (κ3) is 4.53. The SMILES string of the molecule is C1=CC2CCC1NC2c1cccnc1.O=C(O)C=CC(=O)O. The van der Waals surface area contributed by atoms with Crippen LogP contribution >= 0.6 is 0 Å². The smallest absolute Gasteiger partial charge is 0.328 e. The van der Waals surface area contributed by atoms with Gasteiger partial charge in [-0.05, 0) is 30.4 Å². The average molecular weight is 302 g/mol. The minimum Gasteiger partial charge on any atom is -0.478 e. The fourth-order valence-corrected chi connectivity index (χ4v) is 2.66. The van der Waals surface area contributed by atoms with E-state index in [1.165, 1.54) is 18.4 Å². The van der Waals surface area contributed by atoms with E-state index in [1.807, 2.05) is 18.5 Å². The lowest BCUT2D eigenvalue weighted by Gasteiger charge is -2.39. The molecule has 0 aromatic carbocycles. The lowest BCUT2D eigenvalue weighted by Crippen LogP contribution is -2.43. The summed E-state index contributed by atoms with van der Waals surface area (Å²) in [5.41, 5.74) is 1.33. The van der Waals surface area contributed by atoms with Gasteiger partial charge in [0.25, 0.3) is 0 Å². The van der Waals surface area contributed by atoms with Crippen molar-refractivity contribution in [2.75, 3.05) is 0 Å². The van der Waals surface area contributed by atoms with Crippen LogP contribution in [0.15, 0.2) is 48.8 Å². The molecule has 22 heavy (non-hydrogen) atoms. The number of rotatable bonds is 3. The minimum absolute atomic E-state index is 0.493. The van der Waals surface area contributed by atoms with Gasteiger partial charge in [0.2, 0.25) is 0 Å². The first kappa shape index (κ1) is 15.9. The van der Waals surface area contributed by atoms with Gasteiger partial charge in [-0.25, -0.2) is 9.59 Å². The molecule has 2 bridgehead atoms. The van der Waals surface area contributed by atoms with Crippen LogP contribution in [0.5, 0.6) is 0 Å². The van der Waals surface area contributed by atoms with Crippen molar-refractivity contribution in [3.8, 4) is 0 Å². The number of carboxylic acids is 2. The Morgan fingerprint density at radius 3 is 2.32 bits per heavy atom. The maximum atomic E-state index is 9.55. The molecule has 1 saturated heterocycles. The second kappa shape index (κ2) is 7.51. The van der Waals surface area contributed by atoms with Crippen LogP contribution in [0.2, 0.25) is 0 Å². The highest BCUT2D eigenvalue weighted by molar-refractivity contribution is 5.89. The van der Waals surface area contributed by atoms with Crippen LogP contribution in [0.25, 0.3) is 0 Å². The van der Waals surface area contributed by atoms with Crippen LogP contribution in [0.4, 0.5) is 0 Å². The van der Waals surface area contributed by atoms with Gasteiger partial charge < -0.3 is 15.5 Å². The van der Waals surface area contributed by atoms with Crippen molar-refractivity contribution in [3.05, 3.63) is 54.4 Å². The molecule has 1 fully saturated rings. The second-order valence-corrected chi connectivity index (χ2v) is 5.17. The van der Waals surface area contributed by atoms with Gasteiger partial charge in [0.15, 0.2) is 0 Å². The molecule has 1 aromatic heterocycles. The normalized spacial score (nSPS) is 25.5. The van der Waals surface area contributed by atoms with E-state index in [1.54, 1.807) is 0 Å². The molecule has 6 nitrogen and oxygen atoms in total. The van der Waals surface area contributed by atoms with E-state index in [-0.39, 0.29) is 0 Å². The number of nitrogens with one attached hydrogen (secondary N) is 1. The first-order valence-electron chi connectivity index (χ1n) is 7.04. The summed E-state index contributed by atoms with van der Waals surface area (Å²) in [6.45, 7) is 0. The fourth-order valence-electron chi connectivity index (χ4n) is 2.66. The zero-order valence-corrected chi connectivity index (χ0v) is 11.9. The summed E-state index contributed by atoms with van der Waals surface area (Å²) in [6, 6.07) is 5.26. The Bertz CT molecular complexity index is 567. The standard InChI is InChI=1S/C12H14N2.C4H4O4/c1-2-10(8-13-7-1)12-9-3-5-11(14-12)6-4-9;5-3(6)1-2-4(7)8/h1-3,5,7-9,11-12,14H,4,6H2;1-2H,(H,5,6)(H,7,8). The largest absolute Gasteiger partial charge is 0.478 e. The lowest BCUT2D eigenvalue weighted by atomic mass is 9.79. The maximum absolute atomic E-state index is 9.55. The fraction of sp³-hybridized carbons (Fsp3) is 0.312. The number of hydrogen-bond donors (Lipinski definition) is 3. The van der Waals surface area contributed by atoms with Gasteiger partial charge in [0, 0.05) is 36.6 Å². The highest BCUT2D eigenvalue weighted by Gasteiger charge is 2.31. The van der Waals surface area contributed by atoms with E-state index in [0.29, 0.717) is 30.2 Å². The molecule has 0 spiro atoms. The third-order valence-corrected chi connectivity index (χ3v) is 3.64. The van der Waals surface area contributed by atoms with Gasteiger partial charge in [0.05, 0.1) is 0 Å². The third-order valence-electron chi connectivity index (χ3n) is 3.64. The van der Waals surface area contributed by atoms with Crippen LogP contribution in [-0.4, -0.2) is 33.2 Å². The molecule has 116 valence electrons. The Balaban J connectivity index is 0.000000192. The van der Waals surface area contributed by atoms with Crippen molar-refractivity contribution in [1.29, 1.82) is 0 Å². The zero-order valence-electron chi connectivity index (χ0n) is 11.9. The van der Waals surface area contributed by atoms with Gasteiger partial charge in [-0.2, -0.15) is 0 Å². The Kier molecular flexibility index (Phi) is 5.43. The van der Waals surface area contributed by atoms with Crippen LogP contribution in [0, 0.1) is 5.92 Å². The molecule has 3 heterocycles. The molecule has 0 saturated carbocycles. The minimum atomic E-state index is -1.26. The maximum Gasteiger partial charge on any atom is 0.328 e. The topological polar surface area (TPSA) is 99.5 Å². The molecular formula is C16H18N2O4. The average Bonchev–Trinajstić information content (AvgIpc) is 2.55. The highest BCUT2D eigenvalue weighted by Crippen LogP contribution is 2.36. The number of fused-ring (bicyclic) bond motifs is 2. The number of nitrogens with zero attached hydrogens (tertiary/aromatic N) is 1. The Hall–Kier alpha value is -2.47. The Labute approximate surface area is 128 Å². The van der Waals surface area contributed by atoms with Crippen LogP contribution in [-0.2, 0) is 9.59 Å². The van der Waals surface area contributed by atoms with Crippen molar-refractivity contribution in [1.82, 2.24) is 10.3 Å². The molecule has 3 atom stereocenters. The number of hydrogen-bond acceptors (Lipinski definition) is 4.